The first-order valence-electron chi connectivity index (χ1n) is 5.63. The Morgan fingerprint density at radius 3 is 3.12 bits per heavy atom. The third kappa shape index (κ3) is 3.08. The number of pyridine rings is 1. The van der Waals surface area contributed by atoms with Crippen LogP contribution in [0.2, 0.25) is 5.02 Å². The number of hydrogen-bond donors (Lipinski definition) is 2. The van der Waals surface area contributed by atoms with E-state index < -0.39 is 0 Å². The monoisotopic (exact) mass is 254 g/mol. The number of halogens is 1. The van der Waals surface area contributed by atoms with Gasteiger partial charge in [-0.25, -0.2) is 4.52 Å². The van der Waals surface area contributed by atoms with E-state index in [0.717, 1.165) is 18.5 Å². The molecule has 2 heterocycles. The number of aliphatic hydroxyl groups is 1. The predicted octanol–water partition coefficient (Wildman–Crippen LogP) is 1.96. The highest BCUT2D eigenvalue weighted by Crippen LogP contribution is 2.11. The van der Waals surface area contributed by atoms with Crippen LogP contribution in [0.3, 0.4) is 0 Å². The summed E-state index contributed by atoms with van der Waals surface area (Å²) in [7, 11) is 0. The molecule has 17 heavy (non-hydrogen) atoms. The lowest BCUT2D eigenvalue weighted by Crippen LogP contribution is -2.19. The van der Waals surface area contributed by atoms with Crippen molar-refractivity contribution in [1.82, 2.24) is 14.6 Å². The maximum absolute atomic E-state index is 9.58. The van der Waals surface area contributed by atoms with E-state index >= 15 is 0 Å². The molecular weight excluding hydrogens is 240 g/mol. The molecule has 1 unspecified atom stereocenters. The minimum atomic E-state index is -0.366. The van der Waals surface area contributed by atoms with Gasteiger partial charge in [0.15, 0.2) is 5.65 Å². The smallest absolute Gasteiger partial charge is 0.243 e. The van der Waals surface area contributed by atoms with Crippen molar-refractivity contribution in [3.8, 4) is 0 Å². The molecule has 2 aromatic heterocycles. The maximum Gasteiger partial charge on any atom is 0.243 e. The van der Waals surface area contributed by atoms with Gasteiger partial charge in [-0.2, -0.15) is 4.98 Å². The van der Waals surface area contributed by atoms with E-state index in [4.69, 9.17) is 11.6 Å². The number of nitrogens with zero attached hydrogens (tertiary/aromatic N) is 3. The number of aliphatic hydroxyl groups excluding tert-OH is 1. The average Bonchev–Trinajstić information content (AvgIpc) is 2.68. The Kier molecular flexibility index (Phi) is 3.81. The van der Waals surface area contributed by atoms with Crippen molar-refractivity contribution >= 4 is 23.2 Å². The zero-order valence-electron chi connectivity index (χ0n) is 9.60. The lowest BCUT2D eigenvalue weighted by atomic mass is 10.2. The second kappa shape index (κ2) is 5.33. The van der Waals surface area contributed by atoms with Gasteiger partial charge in [0.1, 0.15) is 0 Å². The van der Waals surface area contributed by atoms with Crippen LogP contribution in [-0.2, 0) is 0 Å². The first-order chi connectivity index (χ1) is 8.19. The summed E-state index contributed by atoms with van der Waals surface area (Å²) in [4.78, 5) is 4.26. The summed E-state index contributed by atoms with van der Waals surface area (Å²) in [6.07, 6.45) is 3.05. The van der Waals surface area contributed by atoms with Gasteiger partial charge in [-0.3, -0.25) is 0 Å². The van der Waals surface area contributed by atoms with E-state index in [1.165, 1.54) is 0 Å². The highest BCUT2D eigenvalue weighted by molar-refractivity contribution is 6.30. The van der Waals surface area contributed by atoms with Crippen LogP contribution < -0.4 is 5.32 Å². The summed E-state index contributed by atoms with van der Waals surface area (Å²) in [6, 6.07) is 3.56. The summed E-state index contributed by atoms with van der Waals surface area (Å²) in [5.74, 6) is 0.502. The average molecular weight is 255 g/mol. The van der Waals surface area contributed by atoms with Gasteiger partial charge >= 0.3 is 0 Å². The van der Waals surface area contributed by atoms with Crippen LogP contribution in [0.1, 0.15) is 19.8 Å². The molecule has 0 saturated carbocycles. The predicted molar refractivity (Wildman–Crippen MR) is 67.4 cm³/mol. The van der Waals surface area contributed by atoms with Crippen molar-refractivity contribution in [2.45, 2.75) is 25.9 Å². The quantitative estimate of drug-likeness (QED) is 0.856. The first kappa shape index (κ1) is 12.1. The molecule has 2 N–H and O–H groups in total. The van der Waals surface area contributed by atoms with Crippen LogP contribution in [0.15, 0.2) is 18.3 Å². The zero-order chi connectivity index (χ0) is 12.3. The lowest BCUT2D eigenvalue weighted by molar-refractivity contribution is 0.176. The molecule has 0 radical (unpaired) electrons. The molecule has 92 valence electrons. The first-order valence-corrected chi connectivity index (χ1v) is 6.00. The molecule has 0 aliphatic heterocycles. The zero-order valence-corrected chi connectivity index (χ0v) is 10.4. The summed E-state index contributed by atoms with van der Waals surface area (Å²) in [6.45, 7) is 2.49. The molecule has 0 aliphatic rings. The Bertz CT molecular complexity index is 499. The van der Waals surface area contributed by atoms with Gasteiger partial charge in [0.2, 0.25) is 5.95 Å². The lowest BCUT2D eigenvalue weighted by Gasteiger charge is -2.08. The molecule has 0 amide bonds. The third-order valence-electron chi connectivity index (χ3n) is 2.41. The minimum Gasteiger partial charge on any atom is -0.391 e. The molecule has 2 aromatic rings. The molecule has 0 saturated heterocycles. The van der Waals surface area contributed by atoms with E-state index in [1.54, 1.807) is 22.8 Å². The van der Waals surface area contributed by atoms with Crippen molar-refractivity contribution in [2.75, 3.05) is 11.9 Å². The molecule has 0 fully saturated rings. The summed E-state index contributed by atoms with van der Waals surface area (Å²) in [5, 5.41) is 17.4. The van der Waals surface area contributed by atoms with Crippen molar-refractivity contribution < 1.29 is 5.11 Å². The molecular formula is C11H15ClN4O. The Balaban J connectivity index is 2.04. The van der Waals surface area contributed by atoms with Crippen LogP contribution in [0.25, 0.3) is 5.65 Å². The second-order valence-electron chi connectivity index (χ2n) is 3.91. The number of rotatable bonds is 5. The second-order valence-corrected chi connectivity index (χ2v) is 4.35. The molecule has 6 heteroatoms. The molecule has 5 nitrogen and oxygen atoms in total. The maximum atomic E-state index is 9.58. The van der Waals surface area contributed by atoms with Crippen LogP contribution in [0.4, 0.5) is 5.95 Å². The standard InChI is InChI=1S/C11H15ClN4O/c1-2-3-9(17)6-13-11-14-10-5-4-8(12)7-16(10)15-11/h4-5,7,9,17H,2-3,6H2,1H3,(H,13,15). The van der Waals surface area contributed by atoms with E-state index in [-0.39, 0.29) is 6.10 Å². The number of hydrogen-bond acceptors (Lipinski definition) is 4. The third-order valence-corrected chi connectivity index (χ3v) is 2.64. The van der Waals surface area contributed by atoms with E-state index in [0.29, 0.717) is 17.5 Å². The van der Waals surface area contributed by atoms with Gasteiger partial charge in [-0.15, -0.1) is 5.10 Å². The highest BCUT2D eigenvalue weighted by atomic mass is 35.5. The van der Waals surface area contributed by atoms with Crippen molar-refractivity contribution in [3.63, 3.8) is 0 Å². The van der Waals surface area contributed by atoms with E-state index in [2.05, 4.69) is 15.4 Å². The fourth-order valence-electron chi connectivity index (χ4n) is 1.58. The Hall–Kier alpha value is -1.33. The molecule has 0 aromatic carbocycles. The highest BCUT2D eigenvalue weighted by Gasteiger charge is 2.06. The Morgan fingerprint density at radius 1 is 1.53 bits per heavy atom. The molecule has 0 bridgehead atoms. The normalized spacial score (nSPS) is 12.9. The summed E-state index contributed by atoms with van der Waals surface area (Å²) >= 11 is 5.85. The molecule has 1 atom stereocenters. The largest absolute Gasteiger partial charge is 0.391 e. The Labute approximate surface area is 104 Å². The van der Waals surface area contributed by atoms with Crippen LogP contribution >= 0.6 is 11.6 Å². The number of anilines is 1. The van der Waals surface area contributed by atoms with Crippen molar-refractivity contribution in [2.24, 2.45) is 0 Å². The fraction of sp³-hybridized carbons (Fsp3) is 0.455. The van der Waals surface area contributed by atoms with Gasteiger partial charge in [-0.05, 0) is 18.6 Å². The van der Waals surface area contributed by atoms with E-state index in [9.17, 15) is 5.11 Å². The van der Waals surface area contributed by atoms with Crippen LogP contribution in [0.5, 0.6) is 0 Å². The molecule has 0 aliphatic carbocycles. The fourth-order valence-corrected chi connectivity index (χ4v) is 1.73. The number of aromatic nitrogens is 3. The van der Waals surface area contributed by atoms with Gasteiger partial charge in [0, 0.05) is 12.7 Å². The van der Waals surface area contributed by atoms with Gasteiger partial charge in [0.05, 0.1) is 11.1 Å². The van der Waals surface area contributed by atoms with Gasteiger partial charge in [0.25, 0.3) is 0 Å². The van der Waals surface area contributed by atoms with Crippen LogP contribution in [-0.4, -0.2) is 32.4 Å². The Morgan fingerprint density at radius 2 is 2.35 bits per heavy atom. The van der Waals surface area contributed by atoms with Crippen LogP contribution in [0, 0.1) is 0 Å². The van der Waals surface area contributed by atoms with Gasteiger partial charge < -0.3 is 10.4 Å². The summed E-state index contributed by atoms with van der Waals surface area (Å²) < 4.78 is 1.61. The SMILES string of the molecule is CCCC(O)CNc1nc2ccc(Cl)cn2n1. The number of fused-ring (bicyclic) bond motifs is 1. The summed E-state index contributed by atoms with van der Waals surface area (Å²) in [5.41, 5.74) is 0.724. The molecule has 2 rings (SSSR count). The van der Waals surface area contributed by atoms with Crippen molar-refractivity contribution in [1.29, 1.82) is 0 Å². The minimum absolute atomic E-state index is 0.366. The van der Waals surface area contributed by atoms with Crippen molar-refractivity contribution in [3.05, 3.63) is 23.4 Å². The van der Waals surface area contributed by atoms with Gasteiger partial charge in [-0.1, -0.05) is 24.9 Å². The molecule has 0 spiro atoms. The van der Waals surface area contributed by atoms with E-state index in [1.807, 2.05) is 6.92 Å². The topological polar surface area (TPSA) is 62.5 Å². The number of nitrogens with one attached hydrogen (secondary N) is 1.